The Labute approximate surface area is 164 Å². The lowest BCUT2D eigenvalue weighted by molar-refractivity contribution is 0.101. The van der Waals surface area contributed by atoms with E-state index in [1.54, 1.807) is 30.3 Å². The molecule has 1 saturated heterocycles. The van der Waals surface area contributed by atoms with Gasteiger partial charge in [-0.15, -0.1) is 0 Å². The molecule has 150 valence electrons. The quantitative estimate of drug-likeness (QED) is 0.737. The average molecular weight is 404 g/mol. The van der Waals surface area contributed by atoms with Crippen molar-refractivity contribution in [1.82, 2.24) is 10.5 Å². The van der Waals surface area contributed by atoms with Crippen LogP contribution in [0.5, 0.6) is 0 Å². The summed E-state index contributed by atoms with van der Waals surface area (Å²) in [4.78, 5) is 12.6. The highest BCUT2D eigenvalue weighted by Gasteiger charge is 2.29. The number of sulfone groups is 1. The molecule has 1 aromatic carbocycles. The van der Waals surface area contributed by atoms with E-state index in [1.165, 1.54) is 0 Å². The summed E-state index contributed by atoms with van der Waals surface area (Å²) in [6.07, 6.45) is 4.90. The number of piperidine rings is 1. The number of amides is 1. The highest BCUT2D eigenvalue weighted by Crippen LogP contribution is 2.40. The first kappa shape index (κ1) is 19.1. The zero-order chi connectivity index (χ0) is 19.6. The van der Waals surface area contributed by atoms with E-state index in [-0.39, 0.29) is 22.2 Å². The van der Waals surface area contributed by atoms with E-state index in [9.17, 15) is 13.2 Å². The Morgan fingerprint density at radius 1 is 1.14 bits per heavy atom. The van der Waals surface area contributed by atoms with Gasteiger partial charge >= 0.3 is 0 Å². The molecule has 1 saturated carbocycles. The second kappa shape index (κ2) is 8.05. The second-order valence-electron chi connectivity index (χ2n) is 7.67. The first-order valence-corrected chi connectivity index (χ1v) is 11.5. The van der Waals surface area contributed by atoms with Gasteiger partial charge in [-0.3, -0.25) is 4.79 Å². The largest absolute Gasteiger partial charge is 0.360 e. The first-order chi connectivity index (χ1) is 13.5. The fraction of sp³-hybridized carbons (Fsp3) is 0.500. The van der Waals surface area contributed by atoms with Gasteiger partial charge in [-0.05, 0) is 75.4 Å². The van der Waals surface area contributed by atoms with E-state index in [1.807, 2.05) is 0 Å². The lowest BCUT2D eigenvalue weighted by Gasteiger charge is -2.22. The van der Waals surface area contributed by atoms with Gasteiger partial charge in [-0.25, -0.2) is 8.42 Å². The van der Waals surface area contributed by atoms with E-state index in [0.717, 1.165) is 44.5 Å². The predicted octanol–water partition coefficient (Wildman–Crippen LogP) is 2.97. The zero-order valence-electron chi connectivity index (χ0n) is 15.7. The first-order valence-electron chi connectivity index (χ1n) is 9.83. The molecule has 2 N–H and O–H groups in total. The molecule has 2 heterocycles. The maximum absolute atomic E-state index is 12.6. The van der Waals surface area contributed by atoms with Crippen LogP contribution in [0.25, 0.3) is 0 Å². The molecule has 1 amide bonds. The molecule has 1 aliphatic carbocycles. The third kappa shape index (κ3) is 4.62. The number of hydrogen-bond donors (Lipinski definition) is 2. The molecule has 0 spiro atoms. The van der Waals surface area contributed by atoms with Crippen molar-refractivity contribution in [3.63, 3.8) is 0 Å². The third-order valence-corrected chi connectivity index (χ3v) is 7.23. The number of anilines is 1. The van der Waals surface area contributed by atoms with Crippen molar-refractivity contribution < 1.29 is 17.7 Å². The van der Waals surface area contributed by atoms with Gasteiger partial charge in [0.15, 0.2) is 15.5 Å². The number of rotatable bonds is 7. The zero-order valence-corrected chi connectivity index (χ0v) is 16.5. The van der Waals surface area contributed by atoms with Crippen LogP contribution in [-0.2, 0) is 9.84 Å². The van der Waals surface area contributed by atoms with Crippen LogP contribution >= 0.6 is 0 Å². The average Bonchev–Trinajstić information content (AvgIpc) is 3.44. The van der Waals surface area contributed by atoms with E-state index < -0.39 is 9.84 Å². The summed E-state index contributed by atoms with van der Waals surface area (Å²) < 4.78 is 30.3. The molecule has 1 aliphatic heterocycles. The molecule has 4 rings (SSSR count). The minimum absolute atomic E-state index is 0.159. The molecule has 2 aromatic rings. The van der Waals surface area contributed by atoms with Crippen LogP contribution in [0, 0.1) is 5.92 Å². The van der Waals surface area contributed by atoms with Crippen molar-refractivity contribution in [2.45, 2.75) is 42.9 Å². The van der Waals surface area contributed by atoms with Crippen molar-refractivity contribution in [2.24, 2.45) is 5.92 Å². The molecule has 0 bridgehead atoms. The van der Waals surface area contributed by atoms with Gasteiger partial charge in [-0.2, -0.15) is 0 Å². The lowest BCUT2D eigenvalue weighted by Crippen LogP contribution is -2.28. The molecular formula is C20H25N3O4S. The minimum Gasteiger partial charge on any atom is -0.360 e. The van der Waals surface area contributed by atoms with E-state index in [2.05, 4.69) is 15.8 Å². The summed E-state index contributed by atoms with van der Waals surface area (Å²) in [7, 11) is -3.32. The van der Waals surface area contributed by atoms with Gasteiger partial charge in [-0.1, -0.05) is 5.16 Å². The van der Waals surface area contributed by atoms with E-state index in [4.69, 9.17) is 4.52 Å². The number of nitrogens with one attached hydrogen (secondary N) is 2. The Morgan fingerprint density at radius 2 is 1.86 bits per heavy atom. The standard InChI is InChI=1S/C20H25N3O4S/c24-20(18-13-19(27-23-18)15-1-2-15)22-16-3-5-17(6-4-16)28(25,26)12-9-14-7-10-21-11-8-14/h3-6,13-15,21H,1-2,7-12H2,(H,22,24). The van der Waals surface area contributed by atoms with Gasteiger partial charge in [0.25, 0.3) is 5.91 Å². The summed E-state index contributed by atoms with van der Waals surface area (Å²) in [6, 6.07) is 7.98. The van der Waals surface area contributed by atoms with Gasteiger partial charge < -0.3 is 15.2 Å². The number of nitrogens with zero attached hydrogens (tertiary/aromatic N) is 1. The second-order valence-corrected chi connectivity index (χ2v) is 9.78. The Bertz CT molecular complexity index is 927. The normalized spacial score (nSPS) is 18.1. The Kier molecular flexibility index (Phi) is 5.50. The Hall–Kier alpha value is -2.19. The summed E-state index contributed by atoms with van der Waals surface area (Å²) in [5.41, 5.74) is 0.763. The van der Waals surface area contributed by atoms with Crippen LogP contribution in [0.4, 0.5) is 5.69 Å². The molecule has 28 heavy (non-hydrogen) atoms. The predicted molar refractivity (Wildman–Crippen MR) is 105 cm³/mol. The molecule has 0 atom stereocenters. The van der Waals surface area contributed by atoms with E-state index >= 15 is 0 Å². The maximum Gasteiger partial charge on any atom is 0.277 e. The maximum atomic E-state index is 12.6. The molecule has 0 unspecified atom stereocenters. The van der Waals surface area contributed by atoms with Crippen molar-refractivity contribution in [1.29, 1.82) is 0 Å². The van der Waals surface area contributed by atoms with E-state index in [0.29, 0.717) is 23.9 Å². The lowest BCUT2D eigenvalue weighted by atomic mass is 9.96. The van der Waals surface area contributed by atoms with Crippen molar-refractivity contribution in [3.8, 4) is 0 Å². The monoisotopic (exact) mass is 403 g/mol. The van der Waals surface area contributed by atoms with Crippen LogP contribution < -0.4 is 10.6 Å². The van der Waals surface area contributed by atoms with Crippen LogP contribution in [0.2, 0.25) is 0 Å². The van der Waals surface area contributed by atoms with Crippen molar-refractivity contribution in [3.05, 3.63) is 41.8 Å². The Balaban J connectivity index is 1.34. The van der Waals surface area contributed by atoms with Crippen LogP contribution in [0.15, 0.2) is 39.8 Å². The number of benzene rings is 1. The number of carbonyl (C=O) groups is 1. The van der Waals surface area contributed by atoms with Gasteiger partial charge in [0.1, 0.15) is 5.76 Å². The summed E-state index contributed by atoms with van der Waals surface area (Å²) in [6.45, 7) is 1.93. The number of aromatic nitrogens is 1. The van der Waals surface area contributed by atoms with Crippen LogP contribution in [-0.4, -0.2) is 38.3 Å². The smallest absolute Gasteiger partial charge is 0.277 e. The molecule has 2 fully saturated rings. The summed E-state index contributed by atoms with van der Waals surface area (Å²) in [5.74, 6) is 1.41. The van der Waals surface area contributed by atoms with Gasteiger partial charge in [0.2, 0.25) is 0 Å². The SMILES string of the molecule is O=C(Nc1ccc(S(=O)(=O)CCC2CCNCC2)cc1)c1cc(C2CC2)on1. The van der Waals surface area contributed by atoms with Crippen molar-refractivity contribution in [2.75, 3.05) is 24.2 Å². The molecule has 2 aliphatic rings. The number of hydrogen-bond acceptors (Lipinski definition) is 6. The topological polar surface area (TPSA) is 101 Å². The Morgan fingerprint density at radius 3 is 2.54 bits per heavy atom. The summed E-state index contributed by atoms with van der Waals surface area (Å²) >= 11 is 0. The minimum atomic E-state index is -3.32. The summed E-state index contributed by atoms with van der Waals surface area (Å²) in [5, 5.41) is 9.83. The third-order valence-electron chi connectivity index (χ3n) is 5.47. The molecule has 7 nitrogen and oxygen atoms in total. The van der Waals surface area contributed by atoms with Crippen LogP contribution in [0.3, 0.4) is 0 Å². The molecule has 1 aromatic heterocycles. The molecular weight excluding hydrogens is 378 g/mol. The fourth-order valence-electron chi connectivity index (χ4n) is 3.51. The fourth-order valence-corrected chi connectivity index (χ4v) is 4.94. The highest BCUT2D eigenvalue weighted by molar-refractivity contribution is 7.91. The van der Waals surface area contributed by atoms with Gasteiger partial charge in [0.05, 0.1) is 10.6 Å². The molecule has 0 radical (unpaired) electrons. The number of carbonyl (C=O) groups excluding carboxylic acids is 1. The molecule has 8 heteroatoms. The van der Waals surface area contributed by atoms with Crippen LogP contribution in [0.1, 0.15) is 54.3 Å². The van der Waals surface area contributed by atoms with Crippen molar-refractivity contribution >= 4 is 21.4 Å². The highest BCUT2D eigenvalue weighted by atomic mass is 32.2. The van der Waals surface area contributed by atoms with Gasteiger partial charge in [0, 0.05) is 17.7 Å².